The molecular weight excluding hydrogens is 248 g/mol. The van der Waals surface area contributed by atoms with E-state index in [2.05, 4.69) is 42.3 Å². The van der Waals surface area contributed by atoms with Gasteiger partial charge in [-0.25, -0.2) is 0 Å². The lowest BCUT2D eigenvalue weighted by atomic mass is 9.96. The monoisotopic (exact) mass is 270 g/mol. The molecule has 0 amide bonds. The maximum Gasteiger partial charge on any atom is 0.119 e. The Morgan fingerprint density at radius 2 is 2.15 bits per heavy atom. The highest BCUT2D eigenvalue weighted by Gasteiger charge is 2.15. The first-order valence-corrected chi connectivity index (χ1v) is 7.04. The maximum atomic E-state index is 5.34. The second-order valence-electron chi connectivity index (χ2n) is 4.90. The summed E-state index contributed by atoms with van der Waals surface area (Å²) >= 11 is 0. The van der Waals surface area contributed by atoms with Crippen molar-refractivity contribution in [2.24, 2.45) is 0 Å². The van der Waals surface area contributed by atoms with Crippen LogP contribution in [0.25, 0.3) is 0 Å². The van der Waals surface area contributed by atoms with Crippen molar-refractivity contribution in [2.45, 2.75) is 26.3 Å². The summed E-state index contributed by atoms with van der Waals surface area (Å²) in [5.74, 6) is 0.887. The van der Waals surface area contributed by atoms with E-state index in [0.717, 1.165) is 18.7 Å². The highest BCUT2D eigenvalue weighted by molar-refractivity contribution is 5.38. The van der Waals surface area contributed by atoms with Crippen molar-refractivity contribution >= 4 is 0 Å². The van der Waals surface area contributed by atoms with Crippen molar-refractivity contribution < 1.29 is 4.74 Å². The lowest BCUT2D eigenvalue weighted by molar-refractivity contribution is 0.413. The Kier molecular flexibility index (Phi) is 5.13. The average Bonchev–Trinajstić information content (AvgIpc) is 2.49. The number of nitrogens with zero attached hydrogens (tertiary/aromatic N) is 1. The van der Waals surface area contributed by atoms with Crippen molar-refractivity contribution in [3.05, 3.63) is 59.4 Å². The van der Waals surface area contributed by atoms with Crippen molar-refractivity contribution in [1.29, 1.82) is 0 Å². The Balaban J connectivity index is 2.38. The number of hydrogen-bond acceptors (Lipinski definition) is 3. The van der Waals surface area contributed by atoms with Gasteiger partial charge in [-0.1, -0.05) is 19.1 Å². The van der Waals surface area contributed by atoms with Crippen LogP contribution in [0.5, 0.6) is 5.75 Å². The number of aromatic nitrogens is 1. The molecule has 0 saturated heterocycles. The molecule has 0 aliphatic heterocycles. The molecule has 106 valence electrons. The molecule has 1 aromatic heterocycles. The van der Waals surface area contributed by atoms with Gasteiger partial charge in [0, 0.05) is 12.4 Å². The second-order valence-corrected chi connectivity index (χ2v) is 4.90. The summed E-state index contributed by atoms with van der Waals surface area (Å²) in [5, 5.41) is 3.61. The molecule has 0 spiro atoms. The molecule has 0 bridgehead atoms. The van der Waals surface area contributed by atoms with Crippen LogP contribution in [0, 0.1) is 6.92 Å². The van der Waals surface area contributed by atoms with Crippen molar-refractivity contribution in [2.75, 3.05) is 13.7 Å². The van der Waals surface area contributed by atoms with Crippen molar-refractivity contribution in [3.8, 4) is 5.75 Å². The second kappa shape index (κ2) is 7.06. The van der Waals surface area contributed by atoms with Crippen LogP contribution in [-0.4, -0.2) is 18.6 Å². The lowest BCUT2D eigenvalue weighted by Crippen LogP contribution is -2.24. The fraction of sp³-hybridized carbons (Fsp3) is 0.353. The van der Waals surface area contributed by atoms with Crippen LogP contribution >= 0.6 is 0 Å². The van der Waals surface area contributed by atoms with Crippen LogP contribution in [0.1, 0.15) is 36.1 Å². The Labute approximate surface area is 121 Å². The van der Waals surface area contributed by atoms with E-state index in [1.54, 1.807) is 7.11 Å². The highest BCUT2D eigenvalue weighted by atomic mass is 16.5. The molecule has 2 aromatic rings. The van der Waals surface area contributed by atoms with E-state index in [1.165, 1.54) is 16.7 Å². The van der Waals surface area contributed by atoms with Crippen molar-refractivity contribution in [1.82, 2.24) is 10.3 Å². The quantitative estimate of drug-likeness (QED) is 0.872. The number of hydrogen-bond donors (Lipinski definition) is 1. The molecule has 20 heavy (non-hydrogen) atoms. The Bertz CT molecular complexity index is 554. The Hall–Kier alpha value is -1.87. The summed E-state index contributed by atoms with van der Waals surface area (Å²) in [7, 11) is 1.70. The van der Waals surface area contributed by atoms with Gasteiger partial charge in [-0.3, -0.25) is 4.98 Å². The molecule has 2 rings (SSSR count). The van der Waals surface area contributed by atoms with Crippen LogP contribution < -0.4 is 10.1 Å². The van der Waals surface area contributed by atoms with E-state index in [1.807, 2.05) is 24.5 Å². The van der Waals surface area contributed by atoms with Crippen LogP contribution in [0.15, 0.2) is 42.7 Å². The molecule has 0 radical (unpaired) electrons. The molecule has 0 aliphatic rings. The summed E-state index contributed by atoms with van der Waals surface area (Å²) in [5.41, 5.74) is 3.68. The molecular formula is C17H22N2O. The number of benzene rings is 1. The van der Waals surface area contributed by atoms with E-state index in [4.69, 9.17) is 4.74 Å². The van der Waals surface area contributed by atoms with Gasteiger partial charge in [0.1, 0.15) is 5.75 Å². The molecule has 0 fully saturated rings. The van der Waals surface area contributed by atoms with Crippen molar-refractivity contribution in [3.63, 3.8) is 0 Å². The predicted octanol–water partition coefficient (Wildman–Crippen LogP) is 3.49. The molecule has 1 atom stereocenters. The Morgan fingerprint density at radius 1 is 1.30 bits per heavy atom. The molecule has 1 heterocycles. The number of ether oxygens (including phenoxy) is 1. The largest absolute Gasteiger partial charge is 0.497 e. The number of nitrogens with one attached hydrogen (secondary N) is 1. The van der Waals surface area contributed by atoms with Gasteiger partial charge in [0.25, 0.3) is 0 Å². The molecule has 1 aromatic carbocycles. The average molecular weight is 270 g/mol. The zero-order valence-corrected chi connectivity index (χ0v) is 12.4. The summed E-state index contributed by atoms with van der Waals surface area (Å²) in [4.78, 5) is 4.18. The van der Waals surface area contributed by atoms with Gasteiger partial charge < -0.3 is 10.1 Å². The van der Waals surface area contributed by atoms with E-state index in [9.17, 15) is 0 Å². The highest BCUT2D eigenvalue weighted by Crippen LogP contribution is 2.26. The topological polar surface area (TPSA) is 34.1 Å². The minimum absolute atomic E-state index is 0.174. The van der Waals surface area contributed by atoms with Gasteiger partial charge in [0.05, 0.1) is 13.2 Å². The molecule has 1 unspecified atom stereocenters. The van der Waals surface area contributed by atoms with Gasteiger partial charge >= 0.3 is 0 Å². The lowest BCUT2D eigenvalue weighted by Gasteiger charge is -2.21. The molecule has 3 nitrogen and oxygen atoms in total. The first-order valence-electron chi connectivity index (χ1n) is 7.04. The summed E-state index contributed by atoms with van der Waals surface area (Å²) in [6.45, 7) is 5.25. The third-order valence-electron chi connectivity index (χ3n) is 3.40. The van der Waals surface area contributed by atoms with E-state index < -0.39 is 0 Å². The molecule has 3 heteroatoms. The van der Waals surface area contributed by atoms with Crippen LogP contribution in [0.2, 0.25) is 0 Å². The third kappa shape index (κ3) is 3.36. The standard InChI is InChI=1S/C17H22N2O/c1-4-9-19-17(16-8-10-18-12-13(16)2)14-6-5-7-15(11-14)20-3/h5-8,10-12,17,19H,4,9H2,1-3H3. The van der Waals surface area contributed by atoms with Crippen LogP contribution in [-0.2, 0) is 0 Å². The molecule has 0 aliphatic carbocycles. The smallest absolute Gasteiger partial charge is 0.119 e. The number of pyridine rings is 1. The van der Waals surface area contributed by atoms with E-state index in [-0.39, 0.29) is 6.04 Å². The number of aryl methyl sites for hydroxylation is 1. The fourth-order valence-electron chi connectivity index (χ4n) is 2.33. The first kappa shape index (κ1) is 14.5. The van der Waals surface area contributed by atoms with Gasteiger partial charge in [-0.2, -0.15) is 0 Å². The van der Waals surface area contributed by atoms with E-state index >= 15 is 0 Å². The molecule has 1 N–H and O–H groups in total. The van der Waals surface area contributed by atoms with Crippen LogP contribution in [0.3, 0.4) is 0 Å². The van der Waals surface area contributed by atoms with E-state index in [0.29, 0.717) is 0 Å². The molecule has 0 saturated carbocycles. The predicted molar refractivity (Wildman–Crippen MR) is 82.1 cm³/mol. The summed E-state index contributed by atoms with van der Waals surface area (Å²) < 4.78 is 5.34. The third-order valence-corrected chi connectivity index (χ3v) is 3.40. The minimum Gasteiger partial charge on any atom is -0.497 e. The number of methoxy groups -OCH3 is 1. The van der Waals surface area contributed by atoms with Gasteiger partial charge in [0.2, 0.25) is 0 Å². The van der Waals surface area contributed by atoms with Gasteiger partial charge in [0.15, 0.2) is 0 Å². The SMILES string of the molecule is CCCNC(c1cccc(OC)c1)c1ccncc1C. The maximum absolute atomic E-state index is 5.34. The zero-order valence-electron chi connectivity index (χ0n) is 12.4. The zero-order chi connectivity index (χ0) is 14.4. The summed E-state index contributed by atoms with van der Waals surface area (Å²) in [6.07, 6.45) is 4.86. The summed E-state index contributed by atoms with van der Waals surface area (Å²) in [6, 6.07) is 10.5. The van der Waals surface area contributed by atoms with Gasteiger partial charge in [-0.15, -0.1) is 0 Å². The fourth-order valence-corrected chi connectivity index (χ4v) is 2.33. The minimum atomic E-state index is 0.174. The van der Waals surface area contributed by atoms with Crippen LogP contribution in [0.4, 0.5) is 0 Å². The first-order chi connectivity index (χ1) is 9.76. The van der Waals surface area contributed by atoms with Gasteiger partial charge in [-0.05, 0) is 54.8 Å². The Morgan fingerprint density at radius 3 is 2.85 bits per heavy atom. The number of rotatable bonds is 6. The normalized spacial score (nSPS) is 12.2.